The van der Waals surface area contributed by atoms with Gasteiger partial charge in [-0.05, 0) is 30.7 Å². The summed E-state index contributed by atoms with van der Waals surface area (Å²) in [6, 6.07) is 5.65. The fraction of sp³-hybridized carbons (Fsp3) is 0.182. The van der Waals surface area contributed by atoms with Crippen LogP contribution in [0.1, 0.15) is 10.4 Å². The quantitative estimate of drug-likeness (QED) is 0.917. The average molecular weight is 335 g/mol. The zero-order valence-corrected chi connectivity index (χ0v) is 12.1. The van der Waals surface area contributed by atoms with E-state index in [0.29, 0.717) is 21.0 Å². The van der Waals surface area contributed by atoms with E-state index < -0.39 is 0 Å². The van der Waals surface area contributed by atoms with Crippen LogP contribution in [0.4, 0.5) is 0 Å². The van der Waals surface area contributed by atoms with Crippen LogP contribution in [0.25, 0.3) is 0 Å². The molecule has 0 saturated heterocycles. The van der Waals surface area contributed by atoms with E-state index in [-0.39, 0.29) is 6.61 Å². The first-order chi connectivity index (χ1) is 8.10. The highest BCUT2D eigenvalue weighted by molar-refractivity contribution is 9.10. The van der Waals surface area contributed by atoms with E-state index in [1.165, 1.54) is 11.3 Å². The summed E-state index contributed by atoms with van der Waals surface area (Å²) in [6.45, 7) is 1.85. The van der Waals surface area contributed by atoms with Gasteiger partial charge in [0.25, 0.3) is 5.19 Å². The van der Waals surface area contributed by atoms with Crippen LogP contribution in [0, 0.1) is 6.92 Å². The first-order valence-corrected chi connectivity index (χ1v) is 6.79. The van der Waals surface area contributed by atoms with Crippen molar-refractivity contribution in [3.63, 3.8) is 0 Å². The van der Waals surface area contributed by atoms with Gasteiger partial charge in [0.1, 0.15) is 10.9 Å². The number of benzene rings is 1. The molecule has 0 bridgehead atoms. The molecule has 3 nitrogen and oxygen atoms in total. The maximum Gasteiger partial charge on any atom is 0.280 e. The number of nitrogens with zero attached hydrogens (tertiary/aromatic N) is 1. The van der Waals surface area contributed by atoms with E-state index >= 15 is 0 Å². The Balaban J connectivity index is 2.22. The summed E-state index contributed by atoms with van der Waals surface area (Å²) in [4.78, 5) is 4.63. The molecule has 1 aromatic carbocycles. The number of aliphatic hydroxyl groups is 1. The number of aromatic nitrogens is 1. The first kappa shape index (κ1) is 12.8. The lowest BCUT2D eigenvalue weighted by atomic mass is 10.2. The van der Waals surface area contributed by atoms with Crippen molar-refractivity contribution in [2.24, 2.45) is 0 Å². The van der Waals surface area contributed by atoms with Gasteiger partial charge >= 0.3 is 0 Å². The van der Waals surface area contributed by atoms with Gasteiger partial charge in [0, 0.05) is 4.47 Å². The minimum absolute atomic E-state index is 0.126. The Morgan fingerprint density at radius 1 is 1.53 bits per heavy atom. The molecule has 1 heterocycles. The molecule has 0 spiro atoms. The number of hydrogen-bond donors (Lipinski definition) is 1. The summed E-state index contributed by atoms with van der Waals surface area (Å²) in [6.07, 6.45) is 0. The maximum absolute atomic E-state index is 9.00. The number of thiazole rings is 1. The molecule has 17 heavy (non-hydrogen) atoms. The fourth-order valence-corrected chi connectivity index (χ4v) is 2.46. The summed E-state index contributed by atoms with van der Waals surface area (Å²) in [5, 5.41) is 9.73. The van der Waals surface area contributed by atoms with Gasteiger partial charge in [0.2, 0.25) is 0 Å². The number of rotatable bonds is 3. The summed E-state index contributed by atoms with van der Waals surface area (Å²) in [5.41, 5.74) is 1.08. The van der Waals surface area contributed by atoms with E-state index in [9.17, 15) is 0 Å². The molecule has 6 heteroatoms. The van der Waals surface area contributed by atoms with Gasteiger partial charge in [-0.1, -0.05) is 38.9 Å². The highest BCUT2D eigenvalue weighted by atomic mass is 79.9. The Morgan fingerprint density at radius 2 is 2.29 bits per heavy atom. The van der Waals surface area contributed by atoms with Crippen molar-refractivity contribution < 1.29 is 9.84 Å². The molecule has 0 aliphatic rings. The molecule has 90 valence electrons. The molecule has 0 atom stereocenters. The van der Waals surface area contributed by atoms with Crippen molar-refractivity contribution in [1.82, 2.24) is 4.98 Å². The highest BCUT2D eigenvalue weighted by Crippen LogP contribution is 2.33. The largest absolute Gasteiger partial charge is 0.431 e. The zero-order valence-electron chi connectivity index (χ0n) is 8.91. The standard InChI is InChI=1S/C11H9BrClNO2S/c1-6-4-7(2-3-8(6)12)16-11-14-10(13)9(5-15)17-11/h2-4,15H,5H2,1H3. The van der Waals surface area contributed by atoms with Gasteiger partial charge < -0.3 is 9.84 Å². The normalized spacial score (nSPS) is 10.6. The molecule has 1 N–H and O–H groups in total. The van der Waals surface area contributed by atoms with Crippen LogP contribution in [-0.2, 0) is 6.61 Å². The van der Waals surface area contributed by atoms with Crippen LogP contribution in [0.5, 0.6) is 10.9 Å². The molecule has 1 aromatic heterocycles. The molecule has 0 radical (unpaired) electrons. The molecule has 2 aromatic rings. The smallest absolute Gasteiger partial charge is 0.280 e. The molecule has 0 saturated carbocycles. The van der Waals surface area contributed by atoms with Gasteiger partial charge in [0.15, 0.2) is 0 Å². The molecular weight excluding hydrogens is 326 g/mol. The SMILES string of the molecule is Cc1cc(Oc2nc(Cl)c(CO)s2)ccc1Br. The third-order valence-corrected chi connectivity index (χ3v) is 4.34. The van der Waals surface area contributed by atoms with Crippen molar-refractivity contribution in [3.05, 3.63) is 38.3 Å². The lowest BCUT2D eigenvalue weighted by Gasteiger charge is -2.03. The summed E-state index contributed by atoms with van der Waals surface area (Å²) >= 11 is 10.5. The minimum atomic E-state index is -0.126. The van der Waals surface area contributed by atoms with E-state index in [4.69, 9.17) is 21.4 Å². The molecule has 0 aliphatic carbocycles. The second kappa shape index (κ2) is 5.35. The van der Waals surface area contributed by atoms with Crippen LogP contribution in [-0.4, -0.2) is 10.1 Å². The Hall–Kier alpha value is -0.620. The van der Waals surface area contributed by atoms with E-state index in [1.54, 1.807) is 0 Å². The van der Waals surface area contributed by atoms with Crippen LogP contribution in [0.2, 0.25) is 5.15 Å². The second-order valence-corrected chi connectivity index (χ2v) is 5.62. The first-order valence-electron chi connectivity index (χ1n) is 4.80. The second-order valence-electron chi connectivity index (χ2n) is 3.36. The van der Waals surface area contributed by atoms with Crippen molar-refractivity contribution in [3.8, 4) is 10.9 Å². The molecule has 0 fully saturated rings. The maximum atomic E-state index is 9.00. The third kappa shape index (κ3) is 2.98. The van der Waals surface area contributed by atoms with Gasteiger partial charge in [-0.15, -0.1) is 0 Å². The lowest BCUT2D eigenvalue weighted by molar-refractivity contribution is 0.285. The van der Waals surface area contributed by atoms with Gasteiger partial charge in [-0.3, -0.25) is 0 Å². The Kier molecular flexibility index (Phi) is 4.04. The van der Waals surface area contributed by atoms with Crippen molar-refractivity contribution in [1.29, 1.82) is 0 Å². The van der Waals surface area contributed by atoms with E-state index in [1.807, 2.05) is 25.1 Å². The average Bonchev–Trinajstić information content (AvgIpc) is 2.64. The Labute approximate surface area is 116 Å². The number of ether oxygens (including phenoxy) is 1. The molecule has 2 rings (SSSR count). The molecule has 0 unspecified atom stereocenters. The molecular formula is C11H9BrClNO2S. The van der Waals surface area contributed by atoms with Crippen LogP contribution in [0.3, 0.4) is 0 Å². The summed E-state index contributed by atoms with van der Waals surface area (Å²) < 4.78 is 6.59. The zero-order chi connectivity index (χ0) is 12.4. The topological polar surface area (TPSA) is 42.4 Å². The number of aryl methyl sites for hydroxylation is 1. The summed E-state index contributed by atoms with van der Waals surface area (Å²) in [7, 11) is 0. The predicted molar refractivity (Wildman–Crippen MR) is 72.0 cm³/mol. The number of halogens is 2. The van der Waals surface area contributed by atoms with Crippen LogP contribution in [0.15, 0.2) is 22.7 Å². The van der Waals surface area contributed by atoms with E-state index in [0.717, 1.165) is 10.0 Å². The van der Waals surface area contributed by atoms with Gasteiger partial charge in [-0.2, -0.15) is 4.98 Å². The number of aliphatic hydroxyl groups excluding tert-OH is 1. The highest BCUT2D eigenvalue weighted by Gasteiger charge is 2.10. The third-order valence-electron chi connectivity index (χ3n) is 2.11. The monoisotopic (exact) mass is 333 g/mol. The lowest BCUT2D eigenvalue weighted by Crippen LogP contribution is -1.84. The number of hydrogen-bond acceptors (Lipinski definition) is 4. The molecule has 0 amide bonds. The predicted octanol–water partition coefficient (Wildman–Crippen LogP) is 4.15. The summed E-state index contributed by atoms with van der Waals surface area (Å²) in [5.74, 6) is 0.695. The fourth-order valence-electron chi connectivity index (χ4n) is 1.24. The van der Waals surface area contributed by atoms with Crippen LogP contribution < -0.4 is 4.74 Å². The van der Waals surface area contributed by atoms with Crippen LogP contribution >= 0.6 is 38.9 Å². The van der Waals surface area contributed by atoms with E-state index in [2.05, 4.69) is 20.9 Å². The van der Waals surface area contributed by atoms with Crippen molar-refractivity contribution in [2.45, 2.75) is 13.5 Å². The Bertz CT molecular complexity index is 544. The Morgan fingerprint density at radius 3 is 2.88 bits per heavy atom. The van der Waals surface area contributed by atoms with Crippen molar-refractivity contribution in [2.75, 3.05) is 0 Å². The minimum Gasteiger partial charge on any atom is -0.431 e. The van der Waals surface area contributed by atoms with Gasteiger partial charge in [0.05, 0.1) is 11.5 Å². The molecule has 0 aliphatic heterocycles. The van der Waals surface area contributed by atoms with Crippen molar-refractivity contribution >= 4 is 38.9 Å². The van der Waals surface area contributed by atoms with Gasteiger partial charge in [-0.25, -0.2) is 0 Å².